The van der Waals surface area contributed by atoms with Crippen LogP contribution < -0.4 is 5.32 Å². The van der Waals surface area contributed by atoms with Crippen molar-refractivity contribution in [1.29, 1.82) is 0 Å². The van der Waals surface area contributed by atoms with Crippen LogP contribution in [-0.4, -0.2) is 9.55 Å². The summed E-state index contributed by atoms with van der Waals surface area (Å²) < 4.78 is 2.34. The smallest absolute Gasteiger partial charge is 0.207 e. The zero-order chi connectivity index (χ0) is 14.1. The average Bonchev–Trinajstić information content (AvgIpc) is 3.18. The molecule has 0 radical (unpaired) electrons. The highest BCUT2D eigenvalue weighted by atomic mass is 15.2. The predicted molar refractivity (Wildman–Crippen MR) is 86.1 cm³/mol. The van der Waals surface area contributed by atoms with Crippen LogP contribution >= 0.6 is 0 Å². The molecule has 2 aliphatic carbocycles. The maximum Gasteiger partial charge on any atom is 0.207 e. The van der Waals surface area contributed by atoms with Crippen LogP contribution in [0.25, 0.3) is 0 Å². The molecule has 2 aliphatic rings. The van der Waals surface area contributed by atoms with Crippen molar-refractivity contribution in [3.63, 3.8) is 0 Å². The molecule has 2 aromatic rings. The van der Waals surface area contributed by atoms with Crippen molar-refractivity contribution < 1.29 is 0 Å². The molecular weight excluding hydrogens is 258 g/mol. The van der Waals surface area contributed by atoms with Crippen molar-refractivity contribution in [1.82, 2.24) is 9.55 Å². The normalized spacial score (nSPS) is 18.7. The Morgan fingerprint density at radius 1 is 1.05 bits per heavy atom. The second-order valence-electron chi connectivity index (χ2n) is 6.37. The Hall–Kier alpha value is -1.77. The summed E-state index contributed by atoms with van der Waals surface area (Å²) in [7, 11) is 0. The zero-order valence-electron chi connectivity index (χ0n) is 12.5. The van der Waals surface area contributed by atoms with Gasteiger partial charge in [-0.1, -0.05) is 25.0 Å². The van der Waals surface area contributed by atoms with Gasteiger partial charge in [-0.2, -0.15) is 0 Å². The number of imidazole rings is 1. The lowest BCUT2D eigenvalue weighted by Crippen LogP contribution is -2.11. The number of rotatable bonds is 3. The standard InChI is InChI=1S/C18H23N3/c1-4-10-16-14(6-1)7-5-11-17(16)20-18-19-12-13-21(18)15-8-2-3-9-15/h5,7,11-13,15H,1-4,6,8-10H2,(H,19,20). The molecule has 1 aromatic heterocycles. The lowest BCUT2D eigenvalue weighted by atomic mass is 9.90. The van der Waals surface area contributed by atoms with Crippen molar-refractivity contribution >= 4 is 11.6 Å². The molecule has 0 amide bonds. The average molecular weight is 281 g/mol. The Labute approximate surface area is 126 Å². The Morgan fingerprint density at radius 2 is 1.90 bits per heavy atom. The molecule has 21 heavy (non-hydrogen) atoms. The molecule has 0 atom stereocenters. The number of fused-ring (bicyclic) bond motifs is 1. The van der Waals surface area contributed by atoms with Crippen molar-refractivity contribution in [3.05, 3.63) is 41.7 Å². The van der Waals surface area contributed by atoms with Crippen molar-refractivity contribution in [3.8, 4) is 0 Å². The van der Waals surface area contributed by atoms with Crippen LogP contribution in [0.15, 0.2) is 30.6 Å². The maximum atomic E-state index is 4.56. The maximum absolute atomic E-state index is 4.56. The number of hydrogen-bond donors (Lipinski definition) is 1. The zero-order valence-corrected chi connectivity index (χ0v) is 12.5. The summed E-state index contributed by atoms with van der Waals surface area (Å²) in [6, 6.07) is 7.30. The first-order valence-electron chi connectivity index (χ1n) is 8.32. The van der Waals surface area contributed by atoms with E-state index in [1.165, 1.54) is 68.2 Å². The fraction of sp³-hybridized carbons (Fsp3) is 0.500. The predicted octanol–water partition coefficient (Wildman–Crippen LogP) is 4.62. The van der Waals surface area contributed by atoms with E-state index < -0.39 is 0 Å². The van der Waals surface area contributed by atoms with Crippen LogP contribution in [-0.2, 0) is 12.8 Å². The van der Waals surface area contributed by atoms with E-state index in [2.05, 4.69) is 39.3 Å². The van der Waals surface area contributed by atoms with Gasteiger partial charge in [0, 0.05) is 24.1 Å². The largest absolute Gasteiger partial charge is 0.325 e. The van der Waals surface area contributed by atoms with Gasteiger partial charge in [0.1, 0.15) is 0 Å². The lowest BCUT2D eigenvalue weighted by Gasteiger charge is -2.21. The molecule has 1 saturated carbocycles. The first-order chi connectivity index (χ1) is 10.4. The number of nitrogens with zero attached hydrogens (tertiary/aromatic N) is 2. The minimum Gasteiger partial charge on any atom is -0.325 e. The van der Waals surface area contributed by atoms with E-state index in [1.54, 1.807) is 0 Å². The first kappa shape index (κ1) is 12.9. The van der Waals surface area contributed by atoms with Gasteiger partial charge in [-0.3, -0.25) is 0 Å². The molecule has 1 fully saturated rings. The van der Waals surface area contributed by atoms with E-state index in [9.17, 15) is 0 Å². The Bertz CT molecular complexity index is 623. The van der Waals surface area contributed by atoms with Gasteiger partial charge in [0.2, 0.25) is 5.95 Å². The summed E-state index contributed by atoms with van der Waals surface area (Å²) in [6.45, 7) is 0. The number of anilines is 2. The van der Waals surface area contributed by atoms with E-state index in [0.717, 1.165) is 5.95 Å². The monoisotopic (exact) mass is 281 g/mol. The van der Waals surface area contributed by atoms with Crippen LogP contribution in [0.2, 0.25) is 0 Å². The van der Waals surface area contributed by atoms with E-state index in [4.69, 9.17) is 0 Å². The molecule has 1 heterocycles. The van der Waals surface area contributed by atoms with Gasteiger partial charge >= 0.3 is 0 Å². The van der Waals surface area contributed by atoms with E-state index in [-0.39, 0.29) is 0 Å². The van der Waals surface area contributed by atoms with Gasteiger partial charge in [-0.05, 0) is 55.7 Å². The second kappa shape index (κ2) is 5.55. The van der Waals surface area contributed by atoms with Gasteiger partial charge in [0.15, 0.2) is 0 Å². The SMILES string of the molecule is c1cc2c(c(Nc3nccn3C3CCCC3)c1)CCCC2. The summed E-state index contributed by atoms with van der Waals surface area (Å²) in [5.74, 6) is 1.01. The summed E-state index contributed by atoms with van der Waals surface area (Å²) in [5, 5.41) is 3.61. The van der Waals surface area contributed by atoms with Crippen LogP contribution in [0.5, 0.6) is 0 Å². The van der Waals surface area contributed by atoms with Crippen molar-refractivity contribution in [2.45, 2.75) is 57.4 Å². The van der Waals surface area contributed by atoms with Crippen LogP contribution in [0, 0.1) is 0 Å². The van der Waals surface area contributed by atoms with Crippen molar-refractivity contribution in [2.75, 3.05) is 5.32 Å². The molecule has 0 spiro atoms. The second-order valence-corrected chi connectivity index (χ2v) is 6.37. The van der Waals surface area contributed by atoms with Gasteiger partial charge in [-0.25, -0.2) is 4.98 Å². The van der Waals surface area contributed by atoms with Gasteiger partial charge in [0.25, 0.3) is 0 Å². The number of hydrogen-bond acceptors (Lipinski definition) is 2. The molecule has 0 bridgehead atoms. The third kappa shape index (κ3) is 2.45. The number of nitrogens with one attached hydrogen (secondary N) is 1. The summed E-state index contributed by atoms with van der Waals surface area (Å²) in [4.78, 5) is 4.56. The summed E-state index contributed by atoms with van der Waals surface area (Å²) >= 11 is 0. The highest BCUT2D eigenvalue weighted by molar-refractivity contribution is 5.61. The Morgan fingerprint density at radius 3 is 2.81 bits per heavy atom. The minimum absolute atomic E-state index is 0.634. The number of aromatic nitrogens is 2. The van der Waals surface area contributed by atoms with E-state index >= 15 is 0 Å². The summed E-state index contributed by atoms with van der Waals surface area (Å²) in [6.07, 6.45) is 14.4. The quantitative estimate of drug-likeness (QED) is 0.889. The van der Waals surface area contributed by atoms with Gasteiger partial charge in [-0.15, -0.1) is 0 Å². The lowest BCUT2D eigenvalue weighted by molar-refractivity contribution is 0.524. The fourth-order valence-electron chi connectivity index (χ4n) is 3.91. The molecule has 4 rings (SSSR count). The molecule has 3 nitrogen and oxygen atoms in total. The third-order valence-corrected chi connectivity index (χ3v) is 5.03. The highest BCUT2D eigenvalue weighted by Crippen LogP contribution is 2.34. The fourth-order valence-corrected chi connectivity index (χ4v) is 3.91. The molecule has 0 unspecified atom stereocenters. The number of benzene rings is 1. The van der Waals surface area contributed by atoms with Crippen LogP contribution in [0.4, 0.5) is 11.6 Å². The van der Waals surface area contributed by atoms with Gasteiger partial charge < -0.3 is 9.88 Å². The van der Waals surface area contributed by atoms with E-state index in [1.807, 2.05) is 6.20 Å². The molecule has 1 N–H and O–H groups in total. The van der Waals surface area contributed by atoms with E-state index in [0.29, 0.717) is 6.04 Å². The Balaban J connectivity index is 1.63. The highest BCUT2D eigenvalue weighted by Gasteiger charge is 2.20. The van der Waals surface area contributed by atoms with Crippen LogP contribution in [0.3, 0.4) is 0 Å². The third-order valence-electron chi connectivity index (χ3n) is 5.03. The topological polar surface area (TPSA) is 29.9 Å². The minimum atomic E-state index is 0.634. The van der Waals surface area contributed by atoms with Crippen molar-refractivity contribution in [2.24, 2.45) is 0 Å². The molecule has 1 aromatic carbocycles. The molecule has 0 saturated heterocycles. The number of aryl methyl sites for hydroxylation is 1. The molecule has 3 heteroatoms. The first-order valence-corrected chi connectivity index (χ1v) is 8.32. The van der Waals surface area contributed by atoms with Crippen LogP contribution in [0.1, 0.15) is 55.7 Å². The molecule has 110 valence electrons. The Kier molecular flexibility index (Phi) is 3.42. The molecular formula is C18H23N3. The van der Waals surface area contributed by atoms with Gasteiger partial charge in [0.05, 0.1) is 0 Å². The molecule has 0 aliphatic heterocycles. The summed E-state index contributed by atoms with van der Waals surface area (Å²) in [5.41, 5.74) is 4.28.